The van der Waals surface area contributed by atoms with Crippen LogP contribution in [0.5, 0.6) is 5.75 Å². The van der Waals surface area contributed by atoms with Gasteiger partial charge in [-0.2, -0.15) is 0 Å². The van der Waals surface area contributed by atoms with Gasteiger partial charge < -0.3 is 14.6 Å². The smallest absolute Gasteiger partial charge is 0.251 e. The molecule has 0 aliphatic rings. The van der Waals surface area contributed by atoms with Gasteiger partial charge in [-0.15, -0.1) is 0 Å². The van der Waals surface area contributed by atoms with Crippen LogP contribution in [0, 0.1) is 5.82 Å². The average molecular weight is 432 g/mol. The summed E-state index contributed by atoms with van der Waals surface area (Å²) in [6, 6.07) is 21.5. The fourth-order valence-corrected chi connectivity index (χ4v) is 3.58. The Kier molecular flexibility index (Phi) is 6.50. The van der Waals surface area contributed by atoms with Crippen LogP contribution >= 0.6 is 0 Å². The van der Waals surface area contributed by atoms with Gasteiger partial charge in [0.25, 0.3) is 5.91 Å². The zero-order valence-electron chi connectivity index (χ0n) is 18.2. The van der Waals surface area contributed by atoms with Crippen molar-refractivity contribution >= 4 is 16.9 Å². The van der Waals surface area contributed by atoms with E-state index in [1.807, 2.05) is 36.4 Å². The van der Waals surface area contributed by atoms with Gasteiger partial charge in [-0.05, 0) is 60.0 Å². The molecule has 0 aliphatic carbocycles. The number of nitrogens with zero attached hydrogens (tertiary/aromatic N) is 2. The van der Waals surface area contributed by atoms with Gasteiger partial charge >= 0.3 is 0 Å². The molecule has 6 heteroatoms. The lowest BCUT2D eigenvalue weighted by atomic mass is 10.0. The minimum atomic E-state index is -0.373. The second-order valence-electron chi connectivity index (χ2n) is 7.93. The maximum absolute atomic E-state index is 13.1. The van der Waals surface area contributed by atoms with Gasteiger partial charge in [-0.25, -0.2) is 9.37 Å². The van der Waals surface area contributed by atoms with E-state index in [1.165, 1.54) is 29.8 Å². The highest BCUT2D eigenvalue weighted by atomic mass is 19.1. The third-order valence-electron chi connectivity index (χ3n) is 5.38. The molecule has 1 N–H and O–H groups in total. The van der Waals surface area contributed by atoms with Gasteiger partial charge in [0.1, 0.15) is 24.0 Å². The van der Waals surface area contributed by atoms with Crippen molar-refractivity contribution in [1.29, 1.82) is 0 Å². The Morgan fingerprint density at radius 1 is 1.03 bits per heavy atom. The summed E-state index contributed by atoms with van der Waals surface area (Å²) in [4.78, 5) is 17.1. The molecule has 0 spiro atoms. The van der Waals surface area contributed by atoms with E-state index in [0.29, 0.717) is 24.6 Å². The van der Waals surface area contributed by atoms with E-state index in [2.05, 4.69) is 40.8 Å². The molecule has 1 amide bonds. The summed E-state index contributed by atoms with van der Waals surface area (Å²) >= 11 is 0. The molecule has 0 radical (unpaired) electrons. The van der Waals surface area contributed by atoms with Crippen LogP contribution in [0.4, 0.5) is 4.39 Å². The SMILES string of the molecule is CC(C)c1ccc(OCCn2c(CNC(=O)c3ccc(F)cc3)nc3ccccc32)cc1. The first kappa shape index (κ1) is 21.6. The first-order valence-electron chi connectivity index (χ1n) is 10.7. The van der Waals surface area contributed by atoms with Crippen LogP contribution in [0.3, 0.4) is 0 Å². The van der Waals surface area contributed by atoms with Gasteiger partial charge in [0.2, 0.25) is 0 Å². The molecule has 0 fully saturated rings. The first-order valence-corrected chi connectivity index (χ1v) is 10.7. The van der Waals surface area contributed by atoms with Crippen LogP contribution in [0.15, 0.2) is 72.8 Å². The Bertz CT molecular complexity index is 1200. The fourth-order valence-electron chi connectivity index (χ4n) is 3.58. The van der Waals surface area contributed by atoms with Crippen molar-refractivity contribution in [1.82, 2.24) is 14.9 Å². The molecule has 0 unspecified atom stereocenters. The average Bonchev–Trinajstić information content (AvgIpc) is 3.16. The van der Waals surface area contributed by atoms with E-state index >= 15 is 0 Å². The number of nitrogens with one attached hydrogen (secondary N) is 1. The summed E-state index contributed by atoms with van der Waals surface area (Å²) in [7, 11) is 0. The predicted molar refractivity (Wildman–Crippen MR) is 123 cm³/mol. The number of benzene rings is 3. The number of hydrogen-bond acceptors (Lipinski definition) is 3. The van der Waals surface area contributed by atoms with Gasteiger partial charge in [-0.1, -0.05) is 38.1 Å². The fraction of sp³-hybridized carbons (Fsp3) is 0.231. The monoisotopic (exact) mass is 431 g/mol. The second-order valence-corrected chi connectivity index (χ2v) is 7.93. The summed E-state index contributed by atoms with van der Waals surface area (Å²) in [5.74, 6) is 1.40. The molecule has 0 atom stereocenters. The number of amides is 1. The molecule has 164 valence electrons. The molecule has 4 rings (SSSR count). The lowest BCUT2D eigenvalue weighted by molar-refractivity contribution is 0.0949. The third-order valence-corrected chi connectivity index (χ3v) is 5.38. The lowest BCUT2D eigenvalue weighted by Gasteiger charge is -2.12. The van der Waals surface area contributed by atoms with Gasteiger partial charge in [0, 0.05) is 5.56 Å². The van der Waals surface area contributed by atoms with E-state index in [1.54, 1.807) is 0 Å². The summed E-state index contributed by atoms with van der Waals surface area (Å²) in [5, 5.41) is 2.88. The highest BCUT2D eigenvalue weighted by Gasteiger charge is 2.13. The van der Waals surface area contributed by atoms with Crippen molar-refractivity contribution in [3.63, 3.8) is 0 Å². The Balaban J connectivity index is 1.45. The zero-order chi connectivity index (χ0) is 22.5. The van der Waals surface area contributed by atoms with Crippen molar-refractivity contribution in [3.05, 3.63) is 95.6 Å². The Morgan fingerprint density at radius 2 is 1.75 bits per heavy atom. The highest BCUT2D eigenvalue weighted by molar-refractivity contribution is 5.94. The molecule has 0 aliphatic heterocycles. The van der Waals surface area contributed by atoms with Gasteiger partial charge in [0.15, 0.2) is 0 Å². The molecule has 0 bridgehead atoms. The normalized spacial score (nSPS) is 11.1. The summed E-state index contributed by atoms with van der Waals surface area (Å²) in [6.07, 6.45) is 0. The van der Waals surface area contributed by atoms with Crippen LogP contribution in [0.2, 0.25) is 0 Å². The number of aromatic nitrogens is 2. The molecule has 0 saturated carbocycles. The minimum Gasteiger partial charge on any atom is -0.492 e. The molecule has 32 heavy (non-hydrogen) atoms. The summed E-state index contributed by atoms with van der Waals surface area (Å²) < 4.78 is 21.1. The van der Waals surface area contributed by atoms with Crippen molar-refractivity contribution in [3.8, 4) is 5.75 Å². The van der Waals surface area contributed by atoms with Gasteiger partial charge in [0.05, 0.1) is 24.1 Å². The molecule has 0 saturated heterocycles. The predicted octanol–water partition coefficient (Wildman–Crippen LogP) is 5.31. The quantitative estimate of drug-likeness (QED) is 0.411. The van der Waals surface area contributed by atoms with E-state index in [0.717, 1.165) is 22.6 Å². The highest BCUT2D eigenvalue weighted by Crippen LogP contribution is 2.20. The van der Waals surface area contributed by atoms with Crippen LogP contribution < -0.4 is 10.1 Å². The number of carbonyl (C=O) groups excluding carboxylic acids is 1. The molecule has 5 nitrogen and oxygen atoms in total. The number of ether oxygens (including phenoxy) is 1. The molecule has 1 aromatic heterocycles. The number of para-hydroxylation sites is 2. The molecule has 3 aromatic carbocycles. The maximum Gasteiger partial charge on any atom is 0.251 e. The Morgan fingerprint density at radius 3 is 2.47 bits per heavy atom. The van der Waals surface area contributed by atoms with Crippen molar-refractivity contribution in [2.24, 2.45) is 0 Å². The molecule has 4 aromatic rings. The molecular weight excluding hydrogens is 405 g/mol. The van der Waals surface area contributed by atoms with Crippen LogP contribution in [0.1, 0.15) is 41.5 Å². The minimum absolute atomic E-state index is 0.258. The number of imidazole rings is 1. The van der Waals surface area contributed by atoms with Crippen LogP contribution in [-0.2, 0) is 13.1 Å². The van der Waals surface area contributed by atoms with Crippen molar-refractivity contribution < 1.29 is 13.9 Å². The number of hydrogen-bond donors (Lipinski definition) is 1. The van der Waals surface area contributed by atoms with E-state index in [-0.39, 0.29) is 18.3 Å². The van der Waals surface area contributed by atoms with Crippen LogP contribution in [-0.4, -0.2) is 22.1 Å². The molecular formula is C26H26FN3O2. The van der Waals surface area contributed by atoms with E-state index < -0.39 is 0 Å². The zero-order valence-corrected chi connectivity index (χ0v) is 18.2. The number of carbonyl (C=O) groups is 1. The lowest BCUT2D eigenvalue weighted by Crippen LogP contribution is -2.25. The maximum atomic E-state index is 13.1. The van der Waals surface area contributed by atoms with E-state index in [4.69, 9.17) is 4.74 Å². The van der Waals surface area contributed by atoms with Crippen LogP contribution in [0.25, 0.3) is 11.0 Å². The van der Waals surface area contributed by atoms with Gasteiger partial charge in [-0.3, -0.25) is 4.79 Å². The molecule has 1 heterocycles. The second kappa shape index (κ2) is 9.64. The summed E-state index contributed by atoms with van der Waals surface area (Å²) in [6.45, 7) is 5.65. The Labute approximate surface area is 186 Å². The number of rotatable bonds is 8. The van der Waals surface area contributed by atoms with Crippen molar-refractivity contribution in [2.75, 3.05) is 6.61 Å². The largest absolute Gasteiger partial charge is 0.492 e. The number of halogens is 1. The standard InChI is InChI=1S/C26H26FN3O2/c1-18(2)19-9-13-22(14-10-19)32-16-15-30-24-6-4-3-5-23(24)29-25(30)17-28-26(31)20-7-11-21(27)12-8-20/h3-14,18H,15-17H2,1-2H3,(H,28,31). The number of fused-ring (bicyclic) bond motifs is 1. The third kappa shape index (κ3) is 4.97. The summed E-state index contributed by atoms with van der Waals surface area (Å²) in [5.41, 5.74) is 3.52. The van der Waals surface area contributed by atoms with E-state index in [9.17, 15) is 9.18 Å². The topological polar surface area (TPSA) is 56.1 Å². The van der Waals surface area contributed by atoms with Crippen molar-refractivity contribution in [2.45, 2.75) is 32.9 Å². The first-order chi connectivity index (χ1) is 15.5. The Hall–Kier alpha value is -3.67.